The highest BCUT2D eigenvalue weighted by atomic mass is 16.6. The first-order chi connectivity index (χ1) is 15.1. The summed E-state index contributed by atoms with van der Waals surface area (Å²) in [5.41, 5.74) is 1.97. The molecule has 0 N–H and O–H groups in total. The fourth-order valence-corrected chi connectivity index (χ4v) is 4.38. The zero-order chi connectivity index (χ0) is 21.8. The van der Waals surface area contributed by atoms with E-state index in [-0.39, 0.29) is 12.2 Å². The van der Waals surface area contributed by atoms with Crippen LogP contribution in [-0.4, -0.2) is 56.9 Å². The van der Waals surface area contributed by atoms with Gasteiger partial charge >= 0.3 is 12.1 Å². The van der Waals surface area contributed by atoms with Gasteiger partial charge in [0.2, 0.25) is 0 Å². The molecule has 5 rings (SSSR count). The van der Waals surface area contributed by atoms with Crippen molar-refractivity contribution in [3.8, 4) is 5.75 Å². The highest BCUT2D eigenvalue weighted by Crippen LogP contribution is 2.33. The Bertz CT molecular complexity index is 922. The van der Waals surface area contributed by atoms with Gasteiger partial charge in [0, 0.05) is 6.54 Å². The van der Waals surface area contributed by atoms with Crippen LogP contribution in [0.3, 0.4) is 0 Å². The van der Waals surface area contributed by atoms with Gasteiger partial charge in [-0.1, -0.05) is 24.3 Å². The highest BCUT2D eigenvalue weighted by molar-refractivity contribution is 5.90. The Hall–Kier alpha value is -3.06. The van der Waals surface area contributed by atoms with Gasteiger partial charge in [-0.3, -0.25) is 9.80 Å². The third kappa shape index (κ3) is 4.66. The Labute approximate surface area is 182 Å². The van der Waals surface area contributed by atoms with Crippen molar-refractivity contribution in [1.82, 2.24) is 4.90 Å². The third-order valence-electron chi connectivity index (χ3n) is 6.16. The van der Waals surface area contributed by atoms with E-state index in [0.29, 0.717) is 29.5 Å². The summed E-state index contributed by atoms with van der Waals surface area (Å²) < 4.78 is 16.3. The number of hydrogen-bond donors (Lipinski definition) is 0. The molecule has 0 spiro atoms. The van der Waals surface area contributed by atoms with Crippen LogP contribution in [0.5, 0.6) is 5.75 Å². The van der Waals surface area contributed by atoms with Crippen LogP contribution in [0.2, 0.25) is 0 Å². The average molecular weight is 424 g/mol. The van der Waals surface area contributed by atoms with Crippen LogP contribution in [0.25, 0.3) is 0 Å². The average Bonchev–Trinajstić information content (AvgIpc) is 2.83. The van der Waals surface area contributed by atoms with E-state index in [1.165, 1.54) is 7.11 Å². The third-order valence-corrected chi connectivity index (χ3v) is 6.16. The van der Waals surface area contributed by atoms with E-state index in [1.54, 1.807) is 24.1 Å². The molecule has 0 aromatic heterocycles. The van der Waals surface area contributed by atoms with E-state index < -0.39 is 5.97 Å². The Balaban J connectivity index is 1.57. The van der Waals surface area contributed by atoms with Crippen LogP contribution in [-0.2, 0) is 16.0 Å². The number of ether oxygens (including phenoxy) is 3. The maximum absolute atomic E-state index is 13.3. The van der Waals surface area contributed by atoms with Gasteiger partial charge in [0.1, 0.15) is 11.9 Å². The molecule has 3 aliphatic heterocycles. The van der Waals surface area contributed by atoms with Crippen molar-refractivity contribution < 1.29 is 23.8 Å². The lowest BCUT2D eigenvalue weighted by atomic mass is 9.86. The molecule has 0 saturated carbocycles. The minimum Gasteiger partial charge on any atom is -0.495 e. The minimum absolute atomic E-state index is 0.0890. The number of carbonyl (C=O) groups is 2. The summed E-state index contributed by atoms with van der Waals surface area (Å²) in [6.45, 7) is 3.26. The Morgan fingerprint density at radius 1 is 1.03 bits per heavy atom. The molecule has 0 aliphatic carbocycles. The predicted molar refractivity (Wildman–Crippen MR) is 116 cm³/mol. The van der Waals surface area contributed by atoms with E-state index in [4.69, 9.17) is 14.2 Å². The number of piperidine rings is 3. The summed E-state index contributed by atoms with van der Waals surface area (Å²) in [7, 11) is 2.94. The number of methoxy groups -OCH3 is 2. The zero-order valence-electron chi connectivity index (χ0n) is 18.0. The predicted octanol–water partition coefficient (Wildman–Crippen LogP) is 3.72. The number of hydrogen-bond acceptors (Lipinski definition) is 6. The summed E-state index contributed by atoms with van der Waals surface area (Å²) in [4.78, 5) is 29.0. The second-order valence-corrected chi connectivity index (χ2v) is 8.01. The lowest BCUT2D eigenvalue weighted by Gasteiger charge is -2.44. The molecule has 2 bridgehead atoms. The van der Waals surface area contributed by atoms with Crippen molar-refractivity contribution in [2.75, 3.05) is 38.8 Å². The fourth-order valence-electron chi connectivity index (χ4n) is 4.38. The van der Waals surface area contributed by atoms with Crippen molar-refractivity contribution in [3.05, 3.63) is 59.7 Å². The molecule has 7 nitrogen and oxygen atoms in total. The maximum atomic E-state index is 13.3. The summed E-state index contributed by atoms with van der Waals surface area (Å²) in [6.07, 6.45) is 1.66. The quantitative estimate of drug-likeness (QED) is 0.659. The number of para-hydroxylation sites is 2. The smallest absolute Gasteiger partial charge is 0.415 e. The lowest BCUT2D eigenvalue weighted by molar-refractivity contribution is -0.0311. The van der Waals surface area contributed by atoms with E-state index in [1.807, 2.05) is 36.4 Å². The molecule has 164 valence electrons. The Morgan fingerprint density at radius 3 is 2.35 bits per heavy atom. The first kappa shape index (κ1) is 21.2. The van der Waals surface area contributed by atoms with Crippen LogP contribution >= 0.6 is 0 Å². The Morgan fingerprint density at radius 2 is 1.74 bits per heavy atom. The standard InChI is InChI=1S/C24H28N2O5/c1-29-21-6-4-3-5-20(21)26(15-17-7-9-19(10-8-17)23(27)30-2)24(28)31-22-16-25-13-11-18(22)12-14-25/h3-10,18,22H,11-16H2,1-2H3. The number of rotatable bonds is 6. The molecule has 0 radical (unpaired) electrons. The molecule has 1 amide bonds. The van der Waals surface area contributed by atoms with Gasteiger partial charge in [0.05, 0.1) is 32.0 Å². The molecule has 3 heterocycles. The minimum atomic E-state index is -0.394. The number of esters is 1. The van der Waals surface area contributed by atoms with Gasteiger partial charge in [-0.25, -0.2) is 9.59 Å². The van der Waals surface area contributed by atoms with Crippen LogP contribution in [0, 0.1) is 5.92 Å². The molecular weight excluding hydrogens is 396 g/mol. The second kappa shape index (κ2) is 9.39. The normalized spacial score (nSPS) is 21.9. The fraction of sp³-hybridized carbons (Fsp3) is 0.417. The SMILES string of the molecule is COC(=O)c1ccc(CN(C(=O)OC2CN3CCC2CC3)c2ccccc2OC)cc1. The van der Waals surface area contributed by atoms with Gasteiger partial charge in [-0.05, 0) is 61.7 Å². The number of fused-ring (bicyclic) bond motifs is 3. The molecule has 7 heteroatoms. The highest BCUT2D eigenvalue weighted by Gasteiger charge is 2.37. The number of benzene rings is 2. The van der Waals surface area contributed by atoms with Crippen LogP contribution in [0.1, 0.15) is 28.8 Å². The topological polar surface area (TPSA) is 68.3 Å². The van der Waals surface area contributed by atoms with E-state index in [2.05, 4.69) is 4.90 Å². The molecule has 2 aromatic rings. The molecule has 1 atom stereocenters. The summed E-state index contributed by atoms with van der Waals surface area (Å²) >= 11 is 0. The number of carbonyl (C=O) groups excluding carboxylic acids is 2. The van der Waals surface area contributed by atoms with Gasteiger partial charge in [0.25, 0.3) is 0 Å². The van der Waals surface area contributed by atoms with E-state index in [9.17, 15) is 9.59 Å². The molecule has 31 heavy (non-hydrogen) atoms. The second-order valence-electron chi connectivity index (χ2n) is 8.01. The molecule has 2 aromatic carbocycles. The van der Waals surface area contributed by atoms with Crippen molar-refractivity contribution in [3.63, 3.8) is 0 Å². The number of anilines is 1. The van der Waals surface area contributed by atoms with Gasteiger partial charge in [-0.2, -0.15) is 0 Å². The first-order valence-electron chi connectivity index (χ1n) is 10.6. The first-order valence-corrected chi connectivity index (χ1v) is 10.6. The van der Waals surface area contributed by atoms with Gasteiger partial charge in [-0.15, -0.1) is 0 Å². The summed E-state index contributed by atoms with van der Waals surface area (Å²) in [5.74, 6) is 0.627. The van der Waals surface area contributed by atoms with Crippen molar-refractivity contribution in [2.45, 2.75) is 25.5 Å². The van der Waals surface area contributed by atoms with E-state index >= 15 is 0 Å². The van der Waals surface area contributed by atoms with Crippen molar-refractivity contribution in [1.29, 1.82) is 0 Å². The zero-order valence-corrected chi connectivity index (χ0v) is 18.0. The van der Waals surface area contributed by atoms with Gasteiger partial charge in [0.15, 0.2) is 0 Å². The maximum Gasteiger partial charge on any atom is 0.415 e. The Kier molecular flexibility index (Phi) is 6.42. The molecule has 3 saturated heterocycles. The van der Waals surface area contributed by atoms with Crippen LogP contribution in [0.15, 0.2) is 48.5 Å². The molecule has 3 aliphatic rings. The van der Waals surface area contributed by atoms with E-state index in [0.717, 1.165) is 38.0 Å². The lowest BCUT2D eigenvalue weighted by Crippen LogP contribution is -2.53. The number of amides is 1. The molecular formula is C24H28N2O5. The number of nitrogens with zero attached hydrogens (tertiary/aromatic N) is 2. The monoisotopic (exact) mass is 424 g/mol. The van der Waals surface area contributed by atoms with Gasteiger partial charge < -0.3 is 14.2 Å². The molecule has 3 fully saturated rings. The van der Waals surface area contributed by atoms with Crippen LogP contribution in [0.4, 0.5) is 10.5 Å². The molecule has 1 unspecified atom stereocenters. The van der Waals surface area contributed by atoms with Crippen molar-refractivity contribution >= 4 is 17.7 Å². The largest absolute Gasteiger partial charge is 0.495 e. The summed E-state index contributed by atoms with van der Waals surface area (Å²) in [5, 5.41) is 0. The summed E-state index contributed by atoms with van der Waals surface area (Å²) in [6, 6.07) is 14.4. The van der Waals surface area contributed by atoms with Crippen LogP contribution < -0.4 is 9.64 Å². The van der Waals surface area contributed by atoms with Crippen molar-refractivity contribution in [2.24, 2.45) is 5.92 Å².